The minimum absolute atomic E-state index is 0.0388. The summed E-state index contributed by atoms with van der Waals surface area (Å²) in [5, 5.41) is 8.99. The molecule has 0 unspecified atom stereocenters. The number of hydrogen-bond acceptors (Lipinski definition) is 5. The number of piperazine rings is 1. The van der Waals surface area contributed by atoms with E-state index < -0.39 is 5.97 Å². The number of furan rings is 1. The first-order chi connectivity index (χ1) is 12.0. The molecule has 0 spiro atoms. The van der Waals surface area contributed by atoms with Crippen molar-refractivity contribution in [3.05, 3.63) is 52.1 Å². The van der Waals surface area contributed by atoms with E-state index in [1.165, 1.54) is 18.5 Å². The van der Waals surface area contributed by atoms with E-state index in [2.05, 4.69) is 20.9 Å². The fourth-order valence-corrected chi connectivity index (χ4v) is 2.86. The molecule has 9 heteroatoms. The monoisotopic (exact) mass is 407 g/mol. The topological polar surface area (TPSA) is 104 Å². The average Bonchev–Trinajstić information content (AvgIpc) is 3.07. The number of carbonyl (C=O) groups is 3. The maximum absolute atomic E-state index is 12.5. The standard InChI is InChI=1S/C16H14BrN3O5/c17-13-2-1-12(25-13)15(22)20-5-3-19(4-6-20)14(21)10-7-11(16(23)24)9-18-8-10/h1-2,7-9H,3-6H2,(H,23,24). The maximum Gasteiger partial charge on any atom is 0.337 e. The predicted molar refractivity (Wildman–Crippen MR) is 89.4 cm³/mol. The highest BCUT2D eigenvalue weighted by molar-refractivity contribution is 9.10. The summed E-state index contributed by atoms with van der Waals surface area (Å²) in [5.74, 6) is -1.43. The highest BCUT2D eigenvalue weighted by atomic mass is 79.9. The van der Waals surface area contributed by atoms with Crippen LogP contribution >= 0.6 is 15.9 Å². The summed E-state index contributed by atoms with van der Waals surface area (Å²) in [6.07, 6.45) is 2.53. The van der Waals surface area contributed by atoms with Crippen molar-refractivity contribution in [1.82, 2.24) is 14.8 Å². The first-order valence-electron chi connectivity index (χ1n) is 7.48. The Labute approximate surface area is 151 Å². The fraction of sp³-hybridized carbons (Fsp3) is 0.250. The van der Waals surface area contributed by atoms with Crippen LogP contribution in [0.3, 0.4) is 0 Å². The number of aromatic carboxylic acids is 1. The Morgan fingerprint density at radius 1 is 1.00 bits per heavy atom. The number of aromatic nitrogens is 1. The van der Waals surface area contributed by atoms with E-state index in [0.717, 1.165) is 0 Å². The van der Waals surface area contributed by atoms with Gasteiger partial charge in [0.05, 0.1) is 11.1 Å². The number of carbonyl (C=O) groups excluding carboxylic acids is 2. The minimum atomic E-state index is -1.14. The van der Waals surface area contributed by atoms with Crippen molar-refractivity contribution in [3.63, 3.8) is 0 Å². The van der Waals surface area contributed by atoms with Gasteiger partial charge in [0, 0.05) is 38.6 Å². The van der Waals surface area contributed by atoms with E-state index in [0.29, 0.717) is 30.8 Å². The molecule has 2 aromatic rings. The summed E-state index contributed by atoms with van der Waals surface area (Å²) >= 11 is 3.16. The van der Waals surface area contributed by atoms with Crippen LogP contribution in [0.1, 0.15) is 31.3 Å². The zero-order chi connectivity index (χ0) is 18.0. The van der Waals surface area contributed by atoms with Crippen LogP contribution < -0.4 is 0 Å². The summed E-state index contributed by atoms with van der Waals surface area (Å²) in [5.41, 5.74) is 0.178. The van der Waals surface area contributed by atoms with Gasteiger partial charge in [-0.2, -0.15) is 0 Å². The molecule has 130 valence electrons. The first kappa shape index (κ1) is 17.2. The number of rotatable bonds is 3. The summed E-state index contributed by atoms with van der Waals surface area (Å²) in [6, 6.07) is 4.54. The van der Waals surface area contributed by atoms with Crippen LogP contribution in [0, 0.1) is 0 Å². The Morgan fingerprint density at radius 3 is 2.16 bits per heavy atom. The molecular formula is C16H14BrN3O5. The Kier molecular flexibility index (Phi) is 4.84. The molecule has 1 N–H and O–H groups in total. The molecule has 2 amide bonds. The van der Waals surface area contributed by atoms with Crippen LogP contribution in [0.4, 0.5) is 0 Å². The van der Waals surface area contributed by atoms with Crippen molar-refractivity contribution >= 4 is 33.7 Å². The number of amides is 2. The van der Waals surface area contributed by atoms with Gasteiger partial charge in [0.25, 0.3) is 11.8 Å². The molecule has 3 rings (SSSR count). The lowest BCUT2D eigenvalue weighted by Gasteiger charge is -2.34. The molecule has 1 saturated heterocycles. The van der Waals surface area contributed by atoms with Gasteiger partial charge in [-0.15, -0.1) is 0 Å². The summed E-state index contributed by atoms with van der Waals surface area (Å²) in [6.45, 7) is 1.44. The minimum Gasteiger partial charge on any atom is -0.478 e. The van der Waals surface area contributed by atoms with Crippen molar-refractivity contribution < 1.29 is 23.9 Å². The number of carboxylic acid groups (broad SMARTS) is 1. The molecule has 0 bridgehead atoms. The van der Waals surface area contributed by atoms with Gasteiger partial charge in [0.15, 0.2) is 10.4 Å². The second kappa shape index (κ2) is 7.06. The third kappa shape index (κ3) is 3.71. The van der Waals surface area contributed by atoms with Crippen LogP contribution in [0.15, 0.2) is 39.7 Å². The van der Waals surface area contributed by atoms with Crippen molar-refractivity contribution in [1.29, 1.82) is 0 Å². The molecule has 0 atom stereocenters. The van der Waals surface area contributed by atoms with Gasteiger partial charge in [-0.05, 0) is 34.1 Å². The Balaban J connectivity index is 1.64. The van der Waals surface area contributed by atoms with Gasteiger partial charge in [-0.3, -0.25) is 14.6 Å². The highest BCUT2D eigenvalue weighted by Crippen LogP contribution is 2.17. The lowest BCUT2D eigenvalue weighted by Crippen LogP contribution is -2.50. The van der Waals surface area contributed by atoms with Crippen LogP contribution in [0.5, 0.6) is 0 Å². The number of carboxylic acids is 1. The van der Waals surface area contributed by atoms with Gasteiger partial charge < -0.3 is 19.3 Å². The summed E-state index contributed by atoms with van der Waals surface area (Å²) < 4.78 is 5.74. The fourth-order valence-electron chi connectivity index (χ4n) is 2.55. The Bertz CT molecular complexity index is 827. The van der Waals surface area contributed by atoms with Gasteiger partial charge in [0.2, 0.25) is 0 Å². The van der Waals surface area contributed by atoms with Crippen molar-refractivity contribution in [2.75, 3.05) is 26.2 Å². The van der Waals surface area contributed by atoms with Crippen molar-refractivity contribution in [2.24, 2.45) is 0 Å². The number of pyridine rings is 1. The summed E-state index contributed by atoms with van der Waals surface area (Å²) in [7, 11) is 0. The first-order valence-corrected chi connectivity index (χ1v) is 8.27. The van der Waals surface area contributed by atoms with Gasteiger partial charge in [0.1, 0.15) is 0 Å². The van der Waals surface area contributed by atoms with Crippen LogP contribution in [-0.4, -0.2) is 63.9 Å². The molecule has 0 radical (unpaired) electrons. The molecule has 1 fully saturated rings. The normalized spacial score (nSPS) is 14.4. The smallest absolute Gasteiger partial charge is 0.337 e. The summed E-state index contributed by atoms with van der Waals surface area (Å²) in [4.78, 5) is 42.8. The molecule has 0 aromatic carbocycles. The van der Waals surface area contributed by atoms with Gasteiger partial charge in [-0.25, -0.2) is 4.79 Å². The second-order valence-corrected chi connectivity index (χ2v) is 6.24. The van der Waals surface area contributed by atoms with E-state index in [4.69, 9.17) is 9.52 Å². The molecule has 3 heterocycles. The molecular weight excluding hydrogens is 394 g/mol. The highest BCUT2D eigenvalue weighted by Gasteiger charge is 2.27. The van der Waals surface area contributed by atoms with Crippen molar-refractivity contribution in [3.8, 4) is 0 Å². The van der Waals surface area contributed by atoms with Crippen LogP contribution in [0.25, 0.3) is 0 Å². The molecule has 25 heavy (non-hydrogen) atoms. The van der Waals surface area contributed by atoms with E-state index >= 15 is 0 Å². The molecule has 2 aromatic heterocycles. The SMILES string of the molecule is O=C(O)c1cncc(C(=O)N2CCN(C(=O)c3ccc(Br)o3)CC2)c1. The van der Waals surface area contributed by atoms with Crippen LogP contribution in [-0.2, 0) is 0 Å². The zero-order valence-corrected chi connectivity index (χ0v) is 14.6. The second-order valence-electron chi connectivity index (χ2n) is 5.46. The van der Waals surface area contributed by atoms with E-state index in [-0.39, 0.29) is 28.7 Å². The molecule has 8 nitrogen and oxygen atoms in total. The Morgan fingerprint density at radius 2 is 1.60 bits per heavy atom. The largest absolute Gasteiger partial charge is 0.478 e. The molecule has 0 aliphatic carbocycles. The lowest BCUT2D eigenvalue weighted by molar-refractivity contribution is 0.0517. The van der Waals surface area contributed by atoms with Gasteiger partial charge in [-0.1, -0.05) is 0 Å². The van der Waals surface area contributed by atoms with Crippen LogP contribution in [0.2, 0.25) is 0 Å². The Hall–Kier alpha value is -2.68. The average molecular weight is 408 g/mol. The molecule has 1 aliphatic heterocycles. The number of halogens is 1. The maximum atomic E-state index is 12.5. The number of nitrogens with zero attached hydrogens (tertiary/aromatic N) is 3. The number of hydrogen-bond donors (Lipinski definition) is 1. The van der Waals surface area contributed by atoms with E-state index in [1.54, 1.807) is 21.9 Å². The van der Waals surface area contributed by atoms with E-state index in [1.807, 2.05) is 0 Å². The van der Waals surface area contributed by atoms with Crippen molar-refractivity contribution in [2.45, 2.75) is 0 Å². The lowest BCUT2D eigenvalue weighted by atomic mass is 10.1. The molecule has 0 saturated carbocycles. The third-order valence-electron chi connectivity index (χ3n) is 3.87. The quantitative estimate of drug-likeness (QED) is 0.830. The molecule has 1 aliphatic rings. The van der Waals surface area contributed by atoms with E-state index in [9.17, 15) is 14.4 Å². The van der Waals surface area contributed by atoms with Gasteiger partial charge >= 0.3 is 5.97 Å². The third-order valence-corrected chi connectivity index (χ3v) is 4.30. The zero-order valence-electron chi connectivity index (χ0n) is 13.0. The predicted octanol–water partition coefficient (Wildman–Crippen LogP) is 1.73.